The van der Waals surface area contributed by atoms with Crippen LogP contribution in [0.25, 0.3) is 66.4 Å². The van der Waals surface area contributed by atoms with Crippen molar-refractivity contribution >= 4 is 55.7 Å². The Morgan fingerprint density at radius 2 is 1.02 bits per heavy atom. The minimum absolute atomic E-state index is 0.802. The van der Waals surface area contributed by atoms with Crippen LogP contribution in [0.4, 0.5) is 0 Å². The molecule has 222 valence electrons. The Morgan fingerprint density at radius 3 is 1.74 bits per heavy atom. The molecule has 0 fully saturated rings. The molecule has 0 radical (unpaired) electrons. The van der Waals surface area contributed by atoms with Crippen LogP contribution in [0, 0.1) is 0 Å². The lowest BCUT2D eigenvalue weighted by atomic mass is 9.91. The maximum absolute atomic E-state index is 15.2. The van der Waals surface area contributed by atoms with E-state index in [2.05, 4.69) is 72.8 Å². The molecule has 3 nitrogen and oxygen atoms in total. The zero-order chi connectivity index (χ0) is 31.4. The monoisotopic (exact) mass is 621 g/mol. The second kappa shape index (κ2) is 10.9. The van der Waals surface area contributed by atoms with Crippen LogP contribution in [0.15, 0.2) is 174 Å². The summed E-state index contributed by atoms with van der Waals surface area (Å²) in [5, 5.41) is 6.70. The first-order valence-corrected chi connectivity index (χ1v) is 17.5. The normalized spacial score (nSPS) is 11.9. The third-order valence-electron chi connectivity index (χ3n) is 9.15. The molecule has 0 bridgehead atoms. The first kappa shape index (κ1) is 27.5. The van der Waals surface area contributed by atoms with Crippen molar-refractivity contribution < 1.29 is 8.98 Å². The third-order valence-corrected chi connectivity index (χ3v) is 12.2. The van der Waals surface area contributed by atoms with E-state index in [9.17, 15) is 0 Å². The van der Waals surface area contributed by atoms with E-state index < -0.39 is 7.14 Å². The first-order valence-electron chi connectivity index (χ1n) is 15.7. The van der Waals surface area contributed by atoms with Crippen molar-refractivity contribution in [1.29, 1.82) is 0 Å². The molecule has 0 aliphatic carbocycles. The molecule has 0 amide bonds. The molecule has 47 heavy (non-hydrogen) atoms. The van der Waals surface area contributed by atoms with Gasteiger partial charge in [0.2, 0.25) is 0 Å². The summed E-state index contributed by atoms with van der Waals surface area (Å²) in [5.41, 5.74) is 6.81. The van der Waals surface area contributed by atoms with Gasteiger partial charge in [0.25, 0.3) is 0 Å². The smallest absolute Gasteiger partial charge is 0.171 e. The summed E-state index contributed by atoms with van der Waals surface area (Å²) in [6, 6.07) is 57.1. The zero-order valence-corrected chi connectivity index (χ0v) is 26.3. The number of hydrogen-bond donors (Lipinski definition) is 0. The highest BCUT2D eigenvalue weighted by Gasteiger charge is 2.30. The topological polar surface area (TPSA) is 43.1 Å². The van der Waals surface area contributed by atoms with E-state index in [-0.39, 0.29) is 0 Å². The predicted octanol–water partition coefficient (Wildman–Crippen LogP) is 10.2. The van der Waals surface area contributed by atoms with Crippen molar-refractivity contribution in [3.05, 3.63) is 170 Å². The van der Waals surface area contributed by atoms with Crippen LogP contribution in [0.2, 0.25) is 0 Å². The molecule has 0 saturated heterocycles. The predicted molar refractivity (Wildman–Crippen MR) is 196 cm³/mol. The number of rotatable bonds is 5. The first-order chi connectivity index (χ1) is 23.2. The van der Waals surface area contributed by atoms with Crippen LogP contribution in [0.1, 0.15) is 0 Å². The number of aromatic nitrogens is 1. The van der Waals surface area contributed by atoms with Crippen LogP contribution >= 0.6 is 7.14 Å². The van der Waals surface area contributed by atoms with Gasteiger partial charge in [-0.25, -0.2) is 4.98 Å². The zero-order valence-electron chi connectivity index (χ0n) is 25.4. The number of nitrogens with zero attached hydrogens (tertiary/aromatic N) is 1. The van der Waals surface area contributed by atoms with Gasteiger partial charge in [0.15, 0.2) is 7.14 Å². The van der Waals surface area contributed by atoms with Gasteiger partial charge >= 0.3 is 0 Å². The van der Waals surface area contributed by atoms with Crippen molar-refractivity contribution in [3.63, 3.8) is 0 Å². The Hall–Kier alpha value is -5.76. The van der Waals surface area contributed by atoms with Gasteiger partial charge in [0, 0.05) is 32.2 Å². The Morgan fingerprint density at radius 1 is 0.468 bits per heavy atom. The molecule has 2 heterocycles. The summed E-state index contributed by atoms with van der Waals surface area (Å²) in [6.07, 6.45) is 0. The van der Waals surface area contributed by atoms with Crippen LogP contribution in [-0.4, -0.2) is 4.98 Å². The summed E-state index contributed by atoms with van der Waals surface area (Å²) in [6.45, 7) is 0. The molecule has 9 rings (SSSR count). The second-order valence-corrected chi connectivity index (χ2v) is 14.6. The maximum atomic E-state index is 15.2. The van der Waals surface area contributed by atoms with Crippen LogP contribution in [0.3, 0.4) is 0 Å². The minimum Gasteiger partial charge on any atom is -0.455 e. The fraction of sp³-hybridized carbons (Fsp3) is 0. The summed E-state index contributed by atoms with van der Waals surface area (Å²) in [5.74, 6) is 0.807. The maximum Gasteiger partial charge on any atom is 0.171 e. The van der Waals surface area contributed by atoms with Gasteiger partial charge in [0.05, 0.1) is 16.8 Å². The van der Waals surface area contributed by atoms with Gasteiger partial charge in [-0.1, -0.05) is 140 Å². The van der Waals surface area contributed by atoms with Crippen LogP contribution in [0.5, 0.6) is 0 Å². The SMILES string of the molecule is O=P(c1ccccc1)(c1ccccc1)c1cccc(-c2ccc(-c3oc4ccccc4c4nc5ccccc5c3-4)c3ccccc23)c1. The lowest BCUT2D eigenvalue weighted by Crippen LogP contribution is -2.25. The van der Waals surface area contributed by atoms with Crippen molar-refractivity contribution in [3.8, 4) is 33.7 Å². The molecule has 2 aliphatic rings. The fourth-order valence-electron chi connectivity index (χ4n) is 6.95. The van der Waals surface area contributed by atoms with Gasteiger partial charge in [-0.2, -0.15) is 0 Å². The van der Waals surface area contributed by atoms with Crippen molar-refractivity contribution in [2.45, 2.75) is 0 Å². The molecule has 0 aromatic heterocycles. The van der Waals surface area contributed by atoms with Gasteiger partial charge in [-0.05, 0) is 52.2 Å². The number of benzene rings is 7. The van der Waals surface area contributed by atoms with E-state index in [0.29, 0.717) is 0 Å². The molecule has 2 aliphatic heterocycles. The molecular formula is C43H28NO2P. The van der Waals surface area contributed by atoms with Crippen molar-refractivity contribution in [2.75, 3.05) is 0 Å². The average molecular weight is 622 g/mol. The number of hydrogen-bond acceptors (Lipinski definition) is 3. The molecule has 0 N–H and O–H groups in total. The summed E-state index contributed by atoms with van der Waals surface area (Å²) >= 11 is 0. The van der Waals surface area contributed by atoms with Gasteiger partial charge in [-0.3, -0.25) is 0 Å². The highest BCUT2D eigenvalue weighted by molar-refractivity contribution is 7.85. The van der Waals surface area contributed by atoms with Gasteiger partial charge in [-0.15, -0.1) is 0 Å². The molecule has 4 heteroatoms. The van der Waals surface area contributed by atoms with E-state index in [1.807, 2.05) is 97.1 Å². The largest absolute Gasteiger partial charge is 0.455 e. The highest BCUT2D eigenvalue weighted by Crippen LogP contribution is 2.47. The van der Waals surface area contributed by atoms with E-state index >= 15 is 4.57 Å². The fourth-order valence-corrected chi connectivity index (χ4v) is 9.65. The van der Waals surface area contributed by atoms with E-state index in [1.165, 1.54) is 0 Å². The number of fused-ring (bicyclic) bond motifs is 6. The Kier molecular flexibility index (Phi) is 6.41. The highest BCUT2D eigenvalue weighted by atomic mass is 31.2. The Labute approximate surface area is 272 Å². The quantitative estimate of drug-likeness (QED) is 0.180. The average Bonchev–Trinajstić information content (AvgIpc) is 3.55. The van der Waals surface area contributed by atoms with Gasteiger partial charge < -0.3 is 8.98 Å². The summed E-state index contributed by atoms with van der Waals surface area (Å²) < 4.78 is 22.0. The van der Waals surface area contributed by atoms with E-state index in [4.69, 9.17) is 9.40 Å². The van der Waals surface area contributed by atoms with Crippen molar-refractivity contribution in [2.24, 2.45) is 0 Å². The Bertz CT molecular complexity index is 2560. The molecule has 7 aromatic rings. The van der Waals surface area contributed by atoms with Gasteiger partial charge in [0.1, 0.15) is 11.3 Å². The summed E-state index contributed by atoms with van der Waals surface area (Å²) in [7, 11) is -3.13. The molecule has 7 aromatic carbocycles. The second-order valence-electron chi connectivity index (χ2n) is 11.8. The third kappa shape index (κ3) is 4.35. The Balaban J connectivity index is 1.27. The molecule has 0 spiro atoms. The summed E-state index contributed by atoms with van der Waals surface area (Å²) in [4.78, 5) is 5.07. The lowest BCUT2D eigenvalue weighted by molar-refractivity contribution is 0.592. The molecule has 0 saturated carbocycles. The van der Waals surface area contributed by atoms with Crippen molar-refractivity contribution in [1.82, 2.24) is 4.98 Å². The molecule has 0 unspecified atom stereocenters. The van der Waals surface area contributed by atoms with Crippen LogP contribution < -0.4 is 15.9 Å². The standard InChI is InChI=1S/C43H28NO2P/c45-47(30-15-3-1-4-16-30,31-17-5-2-6-18-31)32-19-13-14-29(28-32)33-26-27-36(35-21-8-7-20-34(33)35)43-41-37-22-9-11-24-39(37)44-42(41)38-23-10-12-25-40(38)46-43/h1-28H. The molecular weight excluding hydrogens is 593 g/mol. The molecule has 0 atom stereocenters. The van der Waals surface area contributed by atoms with E-state index in [1.54, 1.807) is 0 Å². The van der Waals surface area contributed by atoms with E-state index in [0.717, 1.165) is 82.3 Å². The number of para-hydroxylation sites is 2. The minimum atomic E-state index is -3.13. The van der Waals surface area contributed by atoms with Crippen LogP contribution in [-0.2, 0) is 4.57 Å². The lowest BCUT2D eigenvalue weighted by Gasteiger charge is -2.21.